The molecule has 0 fully saturated rings. The fourth-order valence-corrected chi connectivity index (χ4v) is 4.12. The Bertz CT molecular complexity index is 1260. The molecule has 0 aliphatic heterocycles. The highest BCUT2D eigenvalue weighted by Gasteiger charge is 2.20. The molecule has 4 aromatic rings. The molecule has 0 spiro atoms. The molecule has 0 radical (unpaired) electrons. The van der Waals surface area contributed by atoms with E-state index in [1.807, 2.05) is 67.9 Å². The molecule has 0 unspecified atom stereocenters. The number of carbonyl (C=O) groups excluding carboxylic acids is 1. The number of aromatic nitrogens is 5. The van der Waals surface area contributed by atoms with Gasteiger partial charge < -0.3 is 0 Å². The van der Waals surface area contributed by atoms with Crippen molar-refractivity contribution in [3.8, 4) is 17.2 Å². The van der Waals surface area contributed by atoms with Crippen molar-refractivity contribution in [2.24, 2.45) is 0 Å². The van der Waals surface area contributed by atoms with Crippen LogP contribution in [0.3, 0.4) is 0 Å². The van der Waals surface area contributed by atoms with Crippen LogP contribution >= 0.6 is 11.5 Å². The Labute approximate surface area is 191 Å². The summed E-state index contributed by atoms with van der Waals surface area (Å²) in [6.45, 7) is 12.5. The van der Waals surface area contributed by atoms with E-state index in [0.29, 0.717) is 22.2 Å². The topological polar surface area (TPSA) is 85.6 Å². The third-order valence-electron chi connectivity index (χ3n) is 5.42. The molecule has 8 heteroatoms. The van der Waals surface area contributed by atoms with Crippen molar-refractivity contribution in [2.45, 2.75) is 47.0 Å². The van der Waals surface area contributed by atoms with Crippen molar-refractivity contribution in [3.05, 3.63) is 70.4 Å². The van der Waals surface area contributed by atoms with Gasteiger partial charge in [0.25, 0.3) is 5.91 Å². The number of rotatable bonds is 4. The number of nitrogens with one attached hydrogen (secondary N) is 1. The number of hydrogen-bond donors (Lipinski definition) is 1. The molecule has 4 rings (SSSR count). The van der Waals surface area contributed by atoms with Crippen LogP contribution in [0, 0.1) is 20.8 Å². The zero-order valence-electron chi connectivity index (χ0n) is 19.1. The van der Waals surface area contributed by atoms with Gasteiger partial charge >= 0.3 is 0 Å². The minimum Gasteiger partial charge on any atom is -0.297 e. The van der Waals surface area contributed by atoms with E-state index in [1.165, 1.54) is 5.56 Å². The number of benzene rings is 2. The van der Waals surface area contributed by atoms with Gasteiger partial charge in [-0.05, 0) is 55.0 Å². The summed E-state index contributed by atoms with van der Waals surface area (Å²) in [6, 6.07) is 13.7. The minimum atomic E-state index is -0.218. The van der Waals surface area contributed by atoms with Gasteiger partial charge in [-0.3, -0.25) is 10.1 Å². The molecular weight excluding hydrogens is 420 g/mol. The number of aryl methyl sites for hydroxylation is 2. The first kappa shape index (κ1) is 21.8. The predicted octanol–water partition coefficient (Wildman–Crippen LogP) is 5.26. The van der Waals surface area contributed by atoms with Gasteiger partial charge in [0.1, 0.15) is 0 Å². The Morgan fingerprint density at radius 1 is 1.00 bits per heavy atom. The van der Waals surface area contributed by atoms with Crippen molar-refractivity contribution in [2.75, 3.05) is 5.32 Å². The SMILES string of the molecule is Cc1cccc(C)c1-n1nnc(-c2nsc(NC(=O)c3ccc(C(C)(C)C)cc3)n2)c1C. The first-order valence-corrected chi connectivity index (χ1v) is 11.2. The summed E-state index contributed by atoms with van der Waals surface area (Å²) in [6.07, 6.45) is 0. The molecule has 164 valence electrons. The molecular formula is C24H26N6OS. The molecule has 2 aromatic carbocycles. The number of amides is 1. The molecule has 7 nitrogen and oxygen atoms in total. The van der Waals surface area contributed by atoms with Gasteiger partial charge in [0.2, 0.25) is 5.13 Å². The maximum atomic E-state index is 12.6. The molecule has 1 amide bonds. The third kappa shape index (κ3) is 4.18. The Morgan fingerprint density at radius 3 is 2.28 bits per heavy atom. The summed E-state index contributed by atoms with van der Waals surface area (Å²) in [5.74, 6) is 0.229. The van der Waals surface area contributed by atoms with Gasteiger partial charge in [0.05, 0.1) is 11.4 Å². The third-order valence-corrected chi connectivity index (χ3v) is 6.05. The lowest BCUT2D eigenvalue weighted by Crippen LogP contribution is -2.14. The maximum Gasteiger partial charge on any atom is 0.257 e. The zero-order valence-corrected chi connectivity index (χ0v) is 19.9. The molecule has 32 heavy (non-hydrogen) atoms. The standard InChI is InChI=1S/C24H26N6OS/c1-14-8-7-9-15(2)20(14)30-16(3)19(27-29-30)21-25-23(32-28-21)26-22(31)17-10-12-18(13-11-17)24(4,5)6/h7-13H,1-6H3,(H,25,26,28,31). The summed E-state index contributed by atoms with van der Waals surface area (Å²) < 4.78 is 6.21. The van der Waals surface area contributed by atoms with E-state index in [1.54, 1.807) is 0 Å². The smallest absolute Gasteiger partial charge is 0.257 e. The second kappa shape index (κ2) is 8.27. The summed E-state index contributed by atoms with van der Waals surface area (Å²) in [4.78, 5) is 17.1. The van der Waals surface area contributed by atoms with Gasteiger partial charge in [-0.15, -0.1) is 5.10 Å². The predicted molar refractivity (Wildman–Crippen MR) is 128 cm³/mol. The Hall–Kier alpha value is -3.39. The quantitative estimate of drug-likeness (QED) is 0.462. The first-order chi connectivity index (χ1) is 15.1. The van der Waals surface area contributed by atoms with E-state index < -0.39 is 0 Å². The van der Waals surface area contributed by atoms with Gasteiger partial charge in [-0.2, -0.15) is 9.36 Å². The summed E-state index contributed by atoms with van der Waals surface area (Å²) in [5, 5.41) is 11.9. The van der Waals surface area contributed by atoms with Gasteiger partial charge in [-0.25, -0.2) is 4.68 Å². The number of nitrogens with zero attached hydrogens (tertiary/aromatic N) is 5. The monoisotopic (exact) mass is 446 g/mol. The Morgan fingerprint density at radius 2 is 1.66 bits per heavy atom. The average Bonchev–Trinajstić information content (AvgIpc) is 3.34. The minimum absolute atomic E-state index is 0.0370. The highest BCUT2D eigenvalue weighted by Crippen LogP contribution is 2.27. The molecule has 0 aliphatic rings. The van der Waals surface area contributed by atoms with Crippen LogP contribution in [0.5, 0.6) is 0 Å². The van der Waals surface area contributed by atoms with Crippen molar-refractivity contribution >= 4 is 22.6 Å². The lowest BCUT2D eigenvalue weighted by molar-refractivity contribution is 0.102. The van der Waals surface area contributed by atoms with E-state index in [9.17, 15) is 4.79 Å². The van der Waals surface area contributed by atoms with Gasteiger partial charge in [0.15, 0.2) is 11.5 Å². The highest BCUT2D eigenvalue weighted by molar-refractivity contribution is 7.10. The molecule has 0 saturated carbocycles. The lowest BCUT2D eigenvalue weighted by atomic mass is 9.87. The second-order valence-electron chi connectivity index (χ2n) is 8.88. The number of hydrogen-bond acceptors (Lipinski definition) is 6. The van der Waals surface area contributed by atoms with Crippen molar-refractivity contribution < 1.29 is 4.79 Å². The van der Waals surface area contributed by atoms with E-state index in [0.717, 1.165) is 34.0 Å². The summed E-state index contributed by atoms with van der Waals surface area (Å²) >= 11 is 1.12. The van der Waals surface area contributed by atoms with E-state index in [4.69, 9.17) is 0 Å². The highest BCUT2D eigenvalue weighted by atomic mass is 32.1. The van der Waals surface area contributed by atoms with Crippen molar-refractivity contribution in [1.29, 1.82) is 0 Å². The number of para-hydroxylation sites is 1. The molecule has 2 aromatic heterocycles. The number of carbonyl (C=O) groups is 1. The van der Waals surface area contributed by atoms with Crippen LogP contribution in [0.15, 0.2) is 42.5 Å². The molecule has 2 heterocycles. The van der Waals surface area contributed by atoms with Crippen LogP contribution in [0.25, 0.3) is 17.2 Å². The maximum absolute atomic E-state index is 12.6. The van der Waals surface area contributed by atoms with Crippen molar-refractivity contribution in [3.63, 3.8) is 0 Å². The number of anilines is 1. The Balaban J connectivity index is 1.55. The second-order valence-corrected chi connectivity index (χ2v) is 9.63. The molecule has 1 N–H and O–H groups in total. The normalized spacial score (nSPS) is 11.6. The lowest BCUT2D eigenvalue weighted by Gasteiger charge is -2.18. The van der Waals surface area contributed by atoms with Crippen molar-refractivity contribution in [1.82, 2.24) is 24.4 Å². The van der Waals surface area contributed by atoms with Gasteiger partial charge in [-0.1, -0.05) is 56.3 Å². The largest absolute Gasteiger partial charge is 0.297 e. The summed E-state index contributed by atoms with van der Waals surface area (Å²) in [7, 11) is 0. The van der Waals surface area contributed by atoms with Crippen LogP contribution in [-0.4, -0.2) is 30.3 Å². The van der Waals surface area contributed by atoms with Crippen LogP contribution in [0.4, 0.5) is 5.13 Å². The Kier molecular flexibility index (Phi) is 5.64. The van der Waals surface area contributed by atoms with E-state index in [2.05, 4.69) is 45.8 Å². The first-order valence-electron chi connectivity index (χ1n) is 10.4. The molecule has 0 saturated heterocycles. The fraction of sp³-hybridized carbons (Fsp3) is 0.292. The van der Waals surface area contributed by atoms with E-state index >= 15 is 0 Å². The van der Waals surface area contributed by atoms with Crippen LogP contribution in [-0.2, 0) is 5.41 Å². The molecule has 0 aliphatic carbocycles. The summed E-state index contributed by atoms with van der Waals surface area (Å²) in [5.41, 5.74) is 6.46. The van der Waals surface area contributed by atoms with Crippen LogP contribution in [0.1, 0.15) is 53.5 Å². The fourth-order valence-electron chi connectivity index (χ4n) is 3.55. The zero-order chi connectivity index (χ0) is 23.0. The van der Waals surface area contributed by atoms with E-state index in [-0.39, 0.29) is 11.3 Å². The molecule has 0 bridgehead atoms. The van der Waals surface area contributed by atoms with Crippen LogP contribution < -0.4 is 5.32 Å². The molecule has 0 atom stereocenters. The van der Waals surface area contributed by atoms with Gasteiger partial charge in [0, 0.05) is 17.1 Å². The van der Waals surface area contributed by atoms with Crippen LogP contribution in [0.2, 0.25) is 0 Å². The average molecular weight is 447 g/mol.